The minimum Gasteiger partial charge on any atom is -0.492 e. The van der Waals surface area contributed by atoms with Gasteiger partial charge in [-0.2, -0.15) is 4.31 Å². The van der Waals surface area contributed by atoms with Crippen molar-refractivity contribution in [3.05, 3.63) is 23.3 Å². The van der Waals surface area contributed by atoms with E-state index in [-0.39, 0.29) is 12.0 Å². The maximum Gasteiger partial charge on any atom is 0.247 e. The van der Waals surface area contributed by atoms with Crippen molar-refractivity contribution in [2.75, 3.05) is 13.2 Å². The molecule has 1 aromatic rings. The van der Waals surface area contributed by atoms with Crippen LogP contribution in [0.4, 0.5) is 0 Å². The molecule has 0 bridgehead atoms. The monoisotopic (exact) mass is 339 g/mol. The van der Waals surface area contributed by atoms with E-state index in [2.05, 4.69) is 13.8 Å². The first-order chi connectivity index (χ1) is 10.8. The Morgan fingerprint density at radius 3 is 2.57 bits per heavy atom. The Morgan fingerprint density at radius 1 is 1.30 bits per heavy atom. The van der Waals surface area contributed by atoms with Crippen LogP contribution < -0.4 is 4.74 Å². The Kier molecular flexibility index (Phi) is 5.74. The molecule has 1 aliphatic rings. The molecule has 4 nitrogen and oxygen atoms in total. The Hall–Kier alpha value is -1.07. The number of sulfonamides is 1. The van der Waals surface area contributed by atoms with Gasteiger partial charge < -0.3 is 4.74 Å². The van der Waals surface area contributed by atoms with Gasteiger partial charge in [0.05, 0.1) is 6.61 Å². The standard InChI is InChI=1S/C18H29NO3S/c1-6-22-17-11-14(4)16(13(2)3)12-18(17)23(20,21)19-10-8-7-9-15(19)5/h11-13,15H,6-10H2,1-5H3/t15-/m0/s1. The number of aryl methyl sites for hydroxylation is 1. The number of ether oxygens (including phenoxy) is 1. The van der Waals surface area contributed by atoms with Crippen LogP contribution in [0.25, 0.3) is 0 Å². The Morgan fingerprint density at radius 2 is 2.00 bits per heavy atom. The van der Waals surface area contributed by atoms with Crippen LogP contribution in [0.1, 0.15) is 64.0 Å². The summed E-state index contributed by atoms with van der Waals surface area (Å²) in [7, 11) is -3.53. The van der Waals surface area contributed by atoms with Gasteiger partial charge in [0.1, 0.15) is 10.6 Å². The summed E-state index contributed by atoms with van der Waals surface area (Å²) in [6.45, 7) is 11.1. The summed E-state index contributed by atoms with van der Waals surface area (Å²) in [6, 6.07) is 3.74. The van der Waals surface area contributed by atoms with E-state index in [1.54, 1.807) is 4.31 Å². The van der Waals surface area contributed by atoms with Crippen LogP contribution in [0.5, 0.6) is 5.75 Å². The third kappa shape index (κ3) is 3.72. The molecule has 0 spiro atoms. The molecule has 1 aromatic carbocycles. The van der Waals surface area contributed by atoms with Crippen molar-refractivity contribution in [3.8, 4) is 5.75 Å². The molecular weight excluding hydrogens is 310 g/mol. The number of piperidine rings is 1. The first kappa shape index (κ1) is 18.3. The van der Waals surface area contributed by atoms with Gasteiger partial charge in [-0.15, -0.1) is 0 Å². The smallest absolute Gasteiger partial charge is 0.247 e. The van der Waals surface area contributed by atoms with Gasteiger partial charge in [0.2, 0.25) is 10.0 Å². The first-order valence-corrected chi connectivity index (χ1v) is 10.0. The van der Waals surface area contributed by atoms with Gasteiger partial charge in [-0.1, -0.05) is 20.3 Å². The highest BCUT2D eigenvalue weighted by Crippen LogP contribution is 2.35. The van der Waals surface area contributed by atoms with Gasteiger partial charge in [0, 0.05) is 12.6 Å². The summed E-state index contributed by atoms with van der Waals surface area (Å²) in [5.74, 6) is 0.755. The average Bonchev–Trinajstić information content (AvgIpc) is 2.47. The van der Waals surface area contributed by atoms with Crippen LogP contribution >= 0.6 is 0 Å². The van der Waals surface area contributed by atoms with Gasteiger partial charge in [-0.3, -0.25) is 0 Å². The Labute approximate surface area is 140 Å². The Balaban J connectivity index is 2.56. The highest BCUT2D eigenvalue weighted by molar-refractivity contribution is 7.89. The molecule has 0 unspecified atom stereocenters. The lowest BCUT2D eigenvalue weighted by Gasteiger charge is -2.33. The highest BCUT2D eigenvalue weighted by atomic mass is 32.2. The number of hydrogen-bond acceptors (Lipinski definition) is 3. The SMILES string of the molecule is CCOc1cc(C)c(C(C)C)cc1S(=O)(=O)N1CCCC[C@@H]1C. The summed E-state index contributed by atoms with van der Waals surface area (Å²) in [5, 5.41) is 0. The molecule has 23 heavy (non-hydrogen) atoms. The molecule has 130 valence electrons. The zero-order valence-electron chi connectivity index (χ0n) is 14.9. The predicted molar refractivity (Wildman–Crippen MR) is 93.6 cm³/mol. The van der Waals surface area contributed by atoms with Crippen molar-refractivity contribution >= 4 is 10.0 Å². The van der Waals surface area contributed by atoms with Crippen LogP contribution in [-0.4, -0.2) is 31.9 Å². The molecule has 0 saturated carbocycles. The number of hydrogen-bond donors (Lipinski definition) is 0. The molecule has 1 saturated heterocycles. The summed E-state index contributed by atoms with van der Waals surface area (Å²) in [4.78, 5) is 0.322. The van der Waals surface area contributed by atoms with Gasteiger partial charge in [0.25, 0.3) is 0 Å². The van der Waals surface area contributed by atoms with Crippen LogP contribution in [0.15, 0.2) is 17.0 Å². The molecule has 1 aliphatic heterocycles. The lowest BCUT2D eigenvalue weighted by atomic mass is 9.98. The van der Waals surface area contributed by atoms with E-state index >= 15 is 0 Å². The van der Waals surface area contributed by atoms with E-state index in [0.29, 0.717) is 23.8 Å². The third-order valence-corrected chi connectivity index (χ3v) is 6.62. The van der Waals surface area contributed by atoms with E-state index in [4.69, 9.17) is 4.74 Å². The van der Waals surface area contributed by atoms with Gasteiger partial charge in [-0.05, 0) is 62.8 Å². The van der Waals surface area contributed by atoms with Crippen molar-refractivity contribution in [1.29, 1.82) is 0 Å². The van der Waals surface area contributed by atoms with Crippen molar-refractivity contribution in [2.45, 2.75) is 70.7 Å². The van der Waals surface area contributed by atoms with E-state index in [0.717, 1.165) is 30.4 Å². The van der Waals surface area contributed by atoms with E-state index in [1.165, 1.54) is 0 Å². The van der Waals surface area contributed by atoms with Gasteiger partial charge in [0.15, 0.2) is 0 Å². The molecule has 2 rings (SSSR count). The second-order valence-corrected chi connectivity index (χ2v) is 8.56. The molecule has 1 heterocycles. The molecule has 0 aliphatic carbocycles. The largest absolute Gasteiger partial charge is 0.492 e. The summed E-state index contributed by atoms with van der Waals surface area (Å²) in [6.07, 6.45) is 2.94. The van der Waals surface area contributed by atoms with Crippen LogP contribution in [-0.2, 0) is 10.0 Å². The van der Waals surface area contributed by atoms with E-state index in [1.807, 2.05) is 32.9 Å². The number of benzene rings is 1. The molecule has 0 aromatic heterocycles. The lowest BCUT2D eigenvalue weighted by molar-refractivity contribution is 0.266. The average molecular weight is 340 g/mol. The van der Waals surface area contributed by atoms with Gasteiger partial charge >= 0.3 is 0 Å². The quantitative estimate of drug-likeness (QED) is 0.812. The summed E-state index contributed by atoms with van der Waals surface area (Å²) < 4.78 is 33.8. The van der Waals surface area contributed by atoms with Gasteiger partial charge in [-0.25, -0.2) is 8.42 Å². The molecule has 0 amide bonds. The van der Waals surface area contributed by atoms with E-state index in [9.17, 15) is 8.42 Å². The van der Waals surface area contributed by atoms with Crippen molar-refractivity contribution in [3.63, 3.8) is 0 Å². The molecular formula is C18H29NO3S. The first-order valence-electron chi connectivity index (χ1n) is 8.58. The van der Waals surface area contributed by atoms with Crippen LogP contribution in [0.3, 0.4) is 0 Å². The summed E-state index contributed by atoms with van der Waals surface area (Å²) >= 11 is 0. The lowest BCUT2D eigenvalue weighted by Crippen LogP contribution is -2.42. The zero-order valence-corrected chi connectivity index (χ0v) is 15.7. The fourth-order valence-corrected chi connectivity index (χ4v) is 5.17. The van der Waals surface area contributed by atoms with Crippen LogP contribution in [0.2, 0.25) is 0 Å². The van der Waals surface area contributed by atoms with Crippen LogP contribution in [0, 0.1) is 6.92 Å². The predicted octanol–water partition coefficient (Wildman–Crippen LogP) is 4.08. The maximum atomic E-state index is 13.2. The molecule has 0 N–H and O–H groups in total. The zero-order chi connectivity index (χ0) is 17.2. The molecule has 0 radical (unpaired) electrons. The fraction of sp³-hybridized carbons (Fsp3) is 0.667. The summed E-state index contributed by atoms with van der Waals surface area (Å²) in [5.41, 5.74) is 2.14. The Bertz CT molecular complexity index is 652. The number of nitrogens with zero attached hydrogens (tertiary/aromatic N) is 1. The molecule has 5 heteroatoms. The van der Waals surface area contributed by atoms with Crippen molar-refractivity contribution in [1.82, 2.24) is 4.31 Å². The topological polar surface area (TPSA) is 46.6 Å². The molecule has 1 atom stereocenters. The second-order valence-electron chi connectivity index (χ2n) is 6.70. The third-order valence-electron chi connectivity index (χ3n) is 4.58. The molecule has 1 fully saturated rings. The minimum absolute atomic E-state index is 0.0482. The minimum atomic E-state index is -3.53. The number of rotatable bonds is 5. The van der Waals surface area contributed by atoms with Crippen molar-refractivity contribution < 1.29 is 13.2 Å². The maximum absolute atomic E-state index is 13.2. The van der Waals surface area contributed by atoms with Crippen molar-refractivity contribution in [2.24, 2.45) is 0 Å². The van der Waals surface area contributed by atoms with E-state index < -0.39 is 10.0 Å². The second kappa shape index (κ2) is 7.22. The highest BCUT2D eigenvalue weighted by Gasteiger charge is 2.33. The fourth-order valence-electron chi connectivity index (χ4n) is 3.32. The normalized spacial score (nSPS) is 20.0.